The summed E-state index contributed by atoms with van der Waals surface area (Å²) in [4.78, 5) is 9.20. The van der Waals surface area contributed by atoms with Crippen LogP contribution in [-0.2, 0) is 0 Å². The molecule has 0 amide bonds. The standard InChI is InChI=1S/C18H17ClFN3/c1-2-22-9-10-23-17(13-5-3-4-6-15(13)20)14-11-12(19)7-8-16(14)21-18(22)23/h3-8,11,17H,2,9-10H2,1H3. The van der Waals surface area contributed by atoms with Gasteiger partial charge in [-0.3, -0.25) is 0 Å². The zero-order valence-electron chi connectivity index (χ0n) is 12.8. The van der Waals surface area contributed by atoms with Crippen molar-refractivity contribution in [2.45, 2.75) is 13.0 Å². The third kappa shape index (κ3) is 2.29. The van der Waals surface area contributed by atoms with Gasteiger partial charge in [0.15, 0.2) is 0 Å². The first kappa shape index (κ1) is 14.5. The van der Waals surface area contributed by atoms with Gasteiger partial charge in [0.1, 0.15) is 5.82 Å². The molecule has 1 fully saturated rings. The summed E-state index contributed by atoms with van der Waals surface area (Å²) in [5, 5.41) is 0.648. The predicted octanol–water partition coefficient (Wildman–Crippen LogP) is 4.21. The molecule has 0 N–H and O–H groups in total. The maximum absolute atomic E-state index is 14.5. The van der Waals surface area contributed by atoms with Crippen molar-refractivity contribution in [1.82, 2.24) is 9.80 Å². The molecule has 23 heavy (non-hydrogen) atoms. The van der Waals surface area contributed by atoms with Crippen LogP contribution >= 0.6 is 11.6 Å². The fourth-order valence-corrected chi connectivity index (χ4v) is 3.62. The Balaban J connectivity index is 1.92. The minimum atomic E-state index is -0.195. The number of benzene rings is 2. The van der Waals surface area contributed by atoms with Gasteiger partial charge in [-0.05, 0) is 31.2 Å². The lowest BCUT2D eigenvalue weighted by Crippen LogP contribution is -2.38. The number of aliphatic imine (C=N–C) groups is 1. The molecule has 0 spiro atoms. The van der Waals surface area contributed by atoms with Gasteiger partial charge in [-0.25, -0.2) is 9.38 Å². The van der Waals surface area contributed by atoms with Gasteiger partial charge in [-0.15, -0.1) is 0 Å². The molecule has 2 aromatic carbocycles. The Morgan fingerprint density at radius 2 is 2.00 bits per heavy atom. The second-order valence-corrected chi connectivity index (χ2v) is 6.25. The molecule has 3 nitrogen and oxygen atoms in total. The first-order valence-electron chi connectivity index (χ1n) is 7.83. The third-order valence-electron chi connectivity index (χ3n) is 4.55. The van der Waals surface area contributed by atoms with Gasteiger partial charge in [0.25, 0.3) is 0 Å². The van der Waals surface area contributed by atoms with Gasteiger partial charge in [-0.1, -0.05) is 29.8 Å². The Kier molecular flexibility index (Phi) is 3.49. The molecule has 1 unspecified atom stereocenters. The molecule has 0 aliphatic carbocycles. The van der Waals surface area contributed by atoms with E-state index in [0.29, 0.717) is 10.6 Å². The topological polar surface area (TPSA) is 18.8 Å². The van der Waals surface area contributed by atoms with Crippen molar-refractivity contribution in [1.29, 1.82) is 0 Å². The van der Waals surface area contributed by atoms with Crippen LogP contribution in [-0.4, -0.2) is 35.4 Å². The number of hydrogen-bond donors (Lipinski definition) is 0. The average Bonchev–Trinajstić information content (AvgIpc) is 2.96. The van der Waals surface area contributed by atoms with Crippen molar-refractivity contribution in [3.05, 3.63) is 64.4 Å². The van der Waals surface area contributed by atoms with Crippen LogP contribution in [0.5, 0.6) is 0 Å². The number of halogens is 2. The molecule has 2 aromatic rings. The lowest BCUT2D eigenvalue weighted by atomic mass is 9.94. The summed E-state index contributed by atoms with van der Waals surface area (Å²) in [7, 11) is 0. The van der Waals surface area contributed by atoms with Crippen LogP contribution in [0.1, 0.15) is 24.1 Å². The lowest BCUT2D eigenvalue weighted by molar-refractivity contribution is 0.375. The maximum atomic E-state index is 14.5. The summed E-state index contributed by atoms with van der Waals surface area (Å²) in [5.41, 5.74) is 2.50. The fourth-order valence-electron chi connectivity index (χ4n) is 3.44. The zero-order valence-corrected chi connectivity index (χ0v) is 13.6. The van der Waals surface area contributed by atoms with Crippen molar-refractivity contribution in [3.8, 4) is 0 Å². The molecule has 2 aliphatic heterocycles. The molecule has 2 heterocycles. The molecule has 4 rings (SSSR count). The molecule has 1 saturated heterocycles. The van der Waals surface area contributed by atoms with Gasteiger partial charge in [-0.2, -0.15) is 0 Å². The number of nitrogens with zero attached hydrogens (tertiary/aromatic N) is 3. The van der Waals surface area contributed by atoms with E-state index in [1.54, 1.807) is 6.07 Å². The smallest absolute Gasteiger partial charge is 0.202 e. The highest BCUT2D eigenvalue weighted by atomic mass is 35.5. The van der Waals surface area contributed by atoms with Gasteiger partial charge in [0.05, 0.1) is 11.7 Å². The Morgan fingerprint density at radius 3 is 2.78 bits per heavy atom. The van der Waals surface area contributed by atoms with Crippen molar-refractivity contribution >= 4 is 23.2 Å². The van der Waals surface area contributed by atoms with E-state index >= 15 is 0 Å². The van der Waals surface area contributed by atoms with Crippen molar-refractivity contribution < 1.29 is 4.39 Å². The highest BCUT2D eigenvalue weighted by molar-refractivity contribution is 6.30. The summed E-state index contributed by atoms with van der Waals surface area (Å²) >= 11 is 6.20. The van der Waals surface area contributed by atoms with Crippen LogP contribution in [0.25, 0.3) is 0 Å². The summed E-state index contributed by atoms with van der Waals surface area (Å²) in [6, 6.07) is 12.4. The minimum Gasteiger partial charge on any atom is -0.341 e. The van der Waals surface area contributed by atoms with E-state index < -0.39 is 0 Å². The van der Waals surface area contributed by atoms with E-state index in [-0.39, 0.29) is 11.9 Å². The first-order chi connectivity index (χ1) is 11.2. The van der Waals surface area contributed by atoms with Gasteiger partial charge in [0, 0.05) is 35.8 Å². The Bertz CT molecular complexity index is 790. The minimum absolute atomic E-state index is 0.186. The number of rotatable bonds is 2. The first-order valence-corrected chi connectivity index (χ1v) is 8.21. The molecule has 5 heteroatoms. The zero-order chi connectivity index (χ0) is 16.0. The van der Waals surface area contributed by atoms with Crippen LogP contribution in [0, 0.1) is 5.82 Å². The fraction of sp³-hybridized carbons (Fsp3) is 0.278. The Hall–Kier alpha value is -2.07. The number of likely N-dealkylation sites (N-methyl/N-ethyl adjacent to an activating group) is 1. The van der Waals surface area contributed by atoms with Crippen molar-refractivity contribution in [2.75, 3.05) is 19.6 Å². The quantitative estimate of drug-likeness (QED) is 0.822. The SMILES string of the molecule is CCN1CCN2C1=Nc1ccc(Cl)cc1C2c1ccccc1F. The highest BCUT2D eigenvalue weighted by Crippen LogP contribution is 2.42. The molecule has 2 aliphatic rings. The number of fused-ring (bicyclic) bond motifs is 2. The summed E-state index contributed by atoms with van der Waals surface area (Å²) in [5.74, 6) is 0.732. The average molecular weight is 330 g/mol. The van der Waals surface area contributed by atoms with Crippen LogP contribution in [0.4, 0.5) is 10.1 Å². The Labute approximate surface area is 140 Å². The van der Waals surface area contributed by atoms with Crippen molar-refractivity contribution in [3.63, 3.8) is 0 Å². The molecule has 0 radical (unpaired) electrons. The molecular formula is C18H17ClFN3. The summed E-state index contributed by atoms with van der Waals surface area (Å²) in [6.07, 6.45) is 0. The Morgan fingerprint density at radius 1 is 1.17 bits per heavy atom. The van der Waals surface area contributed by atoms with E-state index in [4.69, 9.17) is 16.6 Å². The molecule has 0 aromatic heterocycles. The van der Waals surface area contributed by atoms with Gasteiger partial charge >= 0.3 is 0 Å². The molecule has 118 valence electrons. The molecule has 0 bridgehead atoms. The molecule has 0 saturated carbocycles. The second-order valence-electron chi connectivity index (χ2n) is 5.81. The van der Waals surface area contributed by atoms with E-state index in [1.807, 2.05) is 30.3 Å². The highest BCUT2D eigenvalue weighted by Gasteiger charge is 2.38. The monoisotopic (exact) mass is 329 g/mol. The maximum Gasteiger partial charge on any atom is 0.202 e. The van der Waals surface area contributed by atoms with E-state index in [1.165, 1.54) is 6.07 Å². The van der Waals surface area contributed by atoms with Gasteiger partial charge < -0.3 is 9.80 Å². The van der Waals surface area contributed by atoms with Crippen LogP contribution in [0.3, 0.4) is 0 Å². The summed E-state index contributed by atoms with van der Waals surface area (Å²) in [6.45, 7) is 4.74. The number of guanidine groups is 1. The number of hydrogen-bond acceptors (Lipinski definition) is 3. The van der Waals surface area contributed by atoms with Crippen molar-refractivity contribution in [2.24, 2.45) is 4.99 Å². The second kappa shape index (κ2) is 5.53. The van der Waals surface area contributed by atoms with Gasteiger partial charge in [0.2, 0.25) is 5.96 Å². The third-order valence-corrected chi connectivity index (χ3v) is 4.78. The normalized spacial score (nSPS) is 19.4. The van der Waals surface area contributed by atoms with Crippen LogP contribution < -0.4 is 0 Å². The lowest BCUT2D eigenvalue weighted by Gasteiger charge is -2.35. The van der Waals surface area contributed by atoms with E-state index in [0.717, 1.165) is 36.8 Å². The predicted molar refractivity (Wildman–Crippen MR) is 90.7 cm³/mol. The molecule has 1 atom stereocenters. The molecular weight excluding hydrogens is 313 g/mol. The van der Waals surface area contributed by atoms with E-state index in [9.17, 15) is 4.39 Å². The summed E-state index contributed by atoms with van der Waals surface area (Å²) < 4.78 is 14.5. The largest absolute Gasteiger partial charge is 0.341 e. The van der Waals surface area contributed by atoms with Crippen LogP contribution in [0.2, 0.25) is 5.02 Å². The van der Waals surface area contributed by atoms with E-state index in [2.05, 4.69) is 16.7 Å². The van der Waals surface area contributed by atoms with Crippen LogP contribution in [0.15, 0.2) is 47.5 Å².